The van der Waals surface area contributed by atoms with Crippen LogP contribution in [0.4, 0.5) is 15.8 Å². The average Bonchev–Trinajstić information content (AvgIpc) is 2.51. The predicted molar refractivity (Wildman–Crippen MR) is 82.1 cm³/mol. The van der Waals surface area contributed by atoms with E-state index in [0.717, 1.165) is 18.3 Å². The van der Waals surface area contributed by atoms with Gasteiger partial charge in [0.1, 0.15) is 24.0 Å². The maximum Gasteiger partial charge on any atom is 0.287 e. The number of rotatable bonds is 4. The van der Waals surface area contributed by atoms with Crippen molar-refractivity contribution in [2.24, 2.45) is 0 Å². The number of hydrogen-bond donors (Lipinski definition) is 1. The fourth-order valence-electron chi connectivity index (χ4n) is 1.85. The second kappa shape index (κ2) is 6.89. The second-order valence-electron chi connectivity index (χ2n) is 4.59. The summed E-state index contributed by atoms with van der Waals surface area (Å²) in [4.78, 5) is 33.9. The molecule has 0 radical (unpaired) electrons. The molecule has 24 heavy (non-hydrogen) atoms. The molecule has 0 aliphatic carbocycles. The molecular weight excluding hydrogens is 343 g/mol. The first kappa shape index (κ1) is 17.1. The minimum Gasteiger partial charge on any atom is -0.322 e. The van der Waals surface area contributed by atoms with Crippen molar-refractivity contribution in [3.8, 4) is 6.07 Å². The van der Waals surface area contributed by atoms with Gasteiger partial charge in [-0.25, -0.2) is 4.39 Å². The lowest BCUT2D eigenvalue weighted by Crippen LogP contribution is -2.29. The number of nitro groups is 1. The molecule has 8 nitrogen and oxygen atoms in total. The summed E-state index contributed by atoms with van der Waals surface area (Å²) < 4.78 is 14.3. The summed E-state index contributed by atoms with van der Waals surface area (Å²) in [6, 6.07) is 5.91. The first-order chi connectivity index (χ1) is 11.3. The van der Waals surface area contributed by atoms with Crippen LogP contribution < -0.4 is 10.9 Å². The van der Waals surface area contributed by atoms with E-state index in [-0.39, 0.29) is 10.7 Å². The van der Waals surface area contributed by atoms with E-state index in [2.05, 4.69) is 5.32 Å². The molecule has 0 saturated carbocycles. The van der Waals surface area contributed by atoms with Crippen LogP contribution in [0.15, 0.2) is 35.3 Å². The summed E-state index contributed by atoms with van der Waals surface area (Å²) in [6.07, 6.45) is 0.834. The van der Waals surface area contributed by atoms with Crippen LogP contribution >= 0.6 is 11.6 Å². The zero-order chi connectivity index (χ0) is 17.9. The number of amides is 1. The van der Waals surface area contributed by atoms with Gasteiger partial charge in [0.05, 0.1) is 16.8 Å². The molecule has 122 valence electrons. The molecule has 1 aromatic heterocycles. The lowest BCUT2D eigenvalue weighted by molar-refractivity contribution is -0.385. The molecule has 0 saturated heterocycles. The molecule has 0 spiro atoms. The molecular formula is C14H8ClFN4O4. The highest BCUT2D eigenvalue weighted by Crippen LogP contribution is 2.19. The van der Waals surface area contributed by atoms with Crippen molar-refractivity contribution < 1.29 is 14.1 Å². The standard InChI is InChI=1S/C14H8ClFN4O4/c15-9-1-2-12(11(16)4-9)18-13(21)7-19-6-10(20(23)24)3-8(5-17)14(19)22/h1-4,6H,7H2,(H,18,21). The Balaban J connectivity index is 2.29. The van der Waals surface area contributed by atoms with E-state index < -0.39 is 40.0 Å². The zero-order valence-electron chi connectivity index (χ0n) is 11.8. The number of aromatic nitrogens is 1. The number of carbonyl (C=O) groups is 1. The number of anilines is 1. The highest BCUT2D eigenvalue weighted by molar-refractivity contribution is 6.30. The number of halogens is 2. The monoisotopic (exact) mass is 350 g/mol. The molecule has 0 atom stereocenters. The molecule has 0 aliphatic heterocycles. The Hall–Kier alpha value is -3.25. The van der Waals surface area contributed by atoms with Crippen LogP contribution in [0, 0.1) is 27.3 Å². The summed E-state index contributed by atoms with van der Waals surface area (Å²) in [6.45, 7) is -0.628. The maximum absolute atomic E-state index is 13.6. The molecule has 1 amide bonds. The van der Waals surface area contributed by atoms with Gasteiger partial charge in [-0.3, -0.25) is 24.3 Å². The van der Waals surface area contributed by atoms with Gasteiger partial charge in [0, 0.05) is 11.1 Å². The Bertz CT molecular complexity index is 935. The number of hydrogen-bond acceptors (Lipinski definition) is 5. The van der Waals surface area contributed by atoms with Crippen LogP contribution in [-0.4, -0.2) is 15.4 Å². The minimum absolute atomic E-state index is 0.138. The molecule has 0 aliphatic rings. The van der Waals surface area contributed by atoms with Crippen molar-refractivity contribution in [2.75, 3.05) is 5.32 Å². The normalized spacial score (nSPS) is 10.0. The lowest BCUT2D eigenvalue weighted by atomic mass is 10.2. The van der Waals surface area contributed by atoms with Gasteiger partial charge in [-0.1, -0.05) is 11.6 Å². The van der Waals surface area contributed by atoms with E-state index in [1.54, 1.807) is 0 Å². The number of carbonyl (C=O) groups excluding carboxylic acids is 1. The Labute approximate surface area is 138 Å². The van der Waals surface area contributed by atoms with Crippen molar-refractivity contribution in [3.63, 3.8) is 0 Å². The quantitative estimate of drug-likeness (QED) is 0.668. The van der Waals surface area contributed by atoms with Gasteiger partial charge in [0.15, 0.2) is 0 Å². The van der Waals surface area contributed by atoms with Crippen LogP contribution in [0.5, 0.6) is 0 Å². The number of benzene rings is 1. The maximum atomic E-state index is 13.6. The van der Waals surface area contributed by atoms with E-state index >= 15 is 0 Å². The van der Waals surface area contributed by atoms with Gasteiger partial charge in [-0.15, -0.1) is 0 Å². The first-order valence-electron chi connectivity index (χ1n) is 6.35. The van der Waals surface area contributed by atoms with Gasteiger partial charge in [0.25, 0.3) is 11.2 Å². The Morgan fingerprint density at radius 1 is 1.46 bits per heavy atom. The summed E-state index contributed by atoms with van der Waals surface area (Å²) in [5, 5.41) is 22.0. The van der Waals surface area contributed by atoms with Crippen molar-refractivity contribution >= 4 is 28.9 Å². The fourth-order valence-corrected chi connectivity index (χ4v) is 2.01. The van der Waals surface area contributed by atoms with E-state index in [1.165, 1.54) is 18.2 Å². The van der Waals surface area contributed by atoms with E-state index in [1.807, 2.05) is 0 Å². The van der Waals surface area contributed by atoms with E-state index in [0.29, 0.717) is 4.57 Å². The largest absolute Gasteiger partial charge is 0.322 e. The molecule has 1 N–H and O–H groups in total. The van der Waals surface area contributed by atoms with Gasteiger partial charge in [-0.2, -0.15) is 5.26 Å². The number of nitrogens with zero attached hydrogens (tertiary/aromatic N) is 3. The lowest BCUT2D eigenvalue weighted by Gasteiger charge is -2.08. The van der Waals surface area contributed by atoms with Crippen LogP contribution in [-0.2, 0) is 11.3 Å². The van der Waals surface area contributed by atoms with Gasteiger partial charge in [0.2, 0.25) is 5.91 Å². The molecule has 2 rings (SSSR count). The molecule has 1 aromatic carbocycles. The van der Waals surface area contributed by atoms with Crippen LogP contribution in [0.3, 0.4) is 0 Å². The summed E-state index contributed by atoms with van der Waals surface area (Å²) in [5.74, 6) is -1.58. The smallest absolute Gasteiger partial charge is 0.287 e. The van der Waals surface area contributed by atoms with E-state index in [4.69, 9.17) is 16.9 Å². The second-order valence-corrected chi connectivity index (χ2v) is 5.02. The molecule has 1 heterocycles. The Morgan fingerprint density at radius 2 is 2.17 bits per heavy atom. The van der Waals surface area contributed by atoms with E-state index in [9.17, 15) is 24.1 Å². The van der Waals surface area contributed by atoms with Crippen molar-refractivity contribution in [2.45, 2.75) is 6.54 Å². The summed E-state index contributed by atoms with van der Waals surface area (Å²) in [7, 11) is 0. The topological polar surface area (TPSA) is 118 Å². The molecule has 10 heteroatoms. The predicted octanol–water partition coefficient (Wildman–Crippen LogP) is 2.06. The molecule has 0 fully saturated rings. The van der Waals surface area contributed by atoms with Crippen molar-refractivity contribution in [3.05, 3.63) is 67.3 Å². The van der Waals surface area contributed by atoms with Gasteiger partial charge in [-0.05, 0) is 18.2 Å². The third-order valence-electron chi connectivity index (χ3n) is 2.92. The highest BCUT2D eigenvalue weighted by atomic mass is 35.5. The number of nitrogens with one attached hydrogen (secondary N) is 1. The third-order valence-corrected chi connectivity index (χ3v) is 3.16. The third kappa shape index (κ3) is 3.74. The average molecular weight is 351 g/mol. The highest BCUT2D eigenvalue weighted by Gasteiger charge is 2.16. The summed E-state index contributed by atoms with van der Waals surface area (Å²) in [5.41, 5.74) is -2.02. The zero-order valence-corrected chi connectivity index (χ0v) is 12.6. The molecule has 0 bridgehead atoms. The minimum atomic E-state index is -0.866. The fraction of sp³-hybridized carbons (Fsp3) is 0.0714. The molecule has 0 unspecified atom stereocenters. The van der Waals surface area contributed by atoms with Crippen LogP contribution in [0.25, 0.3) is 0 Å². The number of pyridine rings is 1. The van der Waals surface area contributed by atoms with Crippen molar-refractivity contribution in [1.82, 2.24) is 4.57 Å². The molecule has 2 aromatic rings. The van der Waals surface area contributed by atoms with Crippen LogP contribution in [0.1, 0.15) is 5.56 Å². The van der Waals surface area contributed by atoms with Crippen molar-refractivity contribution in [1.29, 1.82) is 5.26 Å². The van der Waals surface area contributed by atoms with Gasteiger partial charge < -0.3 is 5.32 Å². The van der Waals surface area contributed by atoms with Gasteiger partial charge >= 0.3 is 0 Å². The Morgan fingerprint density at radius 3 is 2.75 bits per heavy atom. The first-order valence-corrected chi connectivity index (χ1v) is 6.73. The van der Waals surface area contributed by atoms with Crippen LogP contribution in [0.2, 0.25) is 5.02 Å². The SMILES string of the molecule is N#Cc1cc([N+](=O)[O-])cn(CC(=O)Nc2ccc(Cl)cc2F)c1=O. The Kier molecular flexibility index (Phi) is 4.91. The number of nitriles is 1. The summed E-state index contributed by atoms with van der Waals surface area (Å²) >= 11 is 5.59.